The predicted molar refractivity (Wildman–Crippen MR) is 11.6 cm³/mol. The first kappa shape index (κ1) is 16.1. The second-order valence-electron chi connectivity index (χ2n) is 0.568. The summed E-state index contributed by atoms with van der Waals surface area (Å²) in [6.07, 6.45) is 0. The van der Waals surface area contributed by atoms with Crippen molar-refractivity contribution >= 4 is 7.12 Å². The molecule has 5 heteroatoms. The van der Waals surface area contributed by atoms with Crippen molar-refractivity contribution in [2.24, 2.45) is 0 Å². The largest absolute Gasteiger partial charge is 1.00 e. The summed E-state index contributed by atoms with van der Waals surface area (Å²) in [6.45, 7) is 1.06. The molecule has 0 saturated carbocycles. The molecule has 6 heavy (non-hydrogen) atoms. The van der Waals surface area contributed by atoms with Crippen LogP contribution in [0.4, 0.5) is 0 Å². The van der Waals surface area contributed by atoms with E-state index in [4.69, 9.17) is 10.0 Å². The van der Waals surface area contributed by atoms with Gasteiger partial charge in [0.2, 0.25) is 0 Å². The minimum atomic E-state index is -1.67. The van der Waals surface area contributed by atoms with Crippen molar-refractivity contribution in [2.75, 3.05) is 0 Å². The number of hydrogen-bond acceptors (Lipinski definition) is 2. The van der Waals surface area contributed by atoms with E-state index in [0.29, 0.717) is 0 Å². The van der Waals surface area contributed by atoms with E-state index in [0.717, 1.165) is 6.82 Å². The molecule has 0 spiro atoms. The molecule has 0 aliphatic heterocycles. The third-order valence-electron chi connectivity index (χ3n) is 0. The van der Waals surface area contributed by atoms with Crippen LogP contribution in [0.2, 0.25) is 6.82 Å². The first-order valence-corrected chi connectivity index (χ1v) is 1.05. The summed E-state index contributed by atoms with van der Waals surface area (Å²) in [5.74, 6) is 0. The Hall–Kier alpha value is 3.26. The molecule has 2 nitrogen and oxygen atoms in total. The van der Waals surface area contributed by atoms with E-state index in [9.17, 15) is 0 Å². The molecule has 24 valence electrons. The molecule has 0 heterocycles. The summed E-state index contributed by atoms with van der Waals surface area (Å²) in [7, 11) is -1.67. The summed E-state index contributed by atoms with van der Waals surface area (Å²) in [6, 6.07) is 0. The molecular weight excluding hydrogens is 133 g/mol. The van der Waals surface area contributed by atoms with E-state index in [1.165, 1.54) is 0 Å². The third-order valence-corrected chi connectivity index (χ3v) is 0. The van der Waals surface area contributed by atoms with Crippen molar-refractivity contribution in [1.82, 2.24) is 0 Å². The van der Waals surface area contributed by atoms with Crippen LogP contribution in [0.25, 0.3) is 0 Å². The fourth-order valence-electron chi connectivity index (χ4n) is 0. The molecule has 0 fully saturated rings. The summed E-state index contributed by atoms with van der Waals surface area (Å²) in [5, 5.41) is 17.9. The molecule has 0 bridgehead atoms. The van der Waals surface area contributed by atoms with Gasteiger partial charge in [-0.3, -0.25) is 0 Å². The zero-order chi connectivity index (χ0) is 3.58. The van der Waals surface area contributed by atoms with Gasteiger partial charge in [0, 0.05) is 0 Å². The van der Waals surface area contributed by atoms with Gasteiger partial charge in [-0.05, 0) is 0 Å². The van der Waals surface area contributed by atoms with Gasteiger partial charge in [0.05, 0.1) is 0 Å². The molecule has 0 aliphatic carbocycles. The maximum Gasteiger partial charge on any atom is 1.00 e. The van der Waals surface area contributed by atoms with Crippen LogP contribution in [0.3, 0.4) is 0 Å². The molecule has 0 N–H and O–H groups in total. The Kier molecular flexibility index (Phi) is 29.8. The molecular formula is CH3BK2O2. The van der Waals surface area contributed by atoms with Crippen molar-refractivity contribution in [1.29, 1.82) is 0 Å². The van der Waals surface area contributed by atoms with Crippen molar-refractivity contribution in [3.05, 3.63) is 0 Å². The van der Waals surface area contributed by atoms with Crippen molar-refractivity contribution < 1.29 is 113 Å². The van der Waals surface area contributed by atoms with E-state index in [1.54, 1.807) is 0 Å². The Balaban J connectivity index is -0.0000000450. The third kappa shape index (κ3) is 26.8. The maximum absolute atomic E-state index is 8.97. The van der Waals surface area contributed by atoms with Gasteiger partial charge in [-0.15, -0.1) is 13.9 Å². The molecule has 0 saturated heterocycles. The molecule has 0 aromatic rings. The maximum atomic E-state index is 8.97. The standard InChI is InChI=1S/CH3BO2.2K/c1-2(3)4;;/h1H3;;/q-2;2*+1. The summed E-state index contributed by atoms with van der Waals surface area (Å²) in [4.78, 5) is 0. The quantitative estimate of drug-likeness (QED) is 0.310. The smallest absolute Gasteiger partial charge is 0.893 e. The van der Waals surface area contributed by atoms with Crippen LogP contribution in [0.15, 0.2) is 0 Å². The van der Waals surface area contributed by atoms with Gasteiger partial charge in [0.1, 0.15) is 0 Å². The Morgan fingerprint density at radius 2 is 1.17 bits per heavy atom. The SMILES string of the molecule is CB([O-])[O-].[K+].[K+]. The fourth-order valence-corrected chi connectivity index (χ4v) is 0. The van der Waals surface area contributed by atoms with Gasteiger partial charge >= 0.3 is 103 Å². The van der Waals surface area contributed by atoms with Gasteiger partial charge in [-0.1, -0.05) is 0 Å². The van der Waals surface area contributed by atoms with Gasteiger partial charge in [0.15, 0.2) is 0 Å². The van der Waals surface area contributed by atoms with E-state index in [1.807, 2.05) is 0 Å². The predicted octanol–water partition coefficient (Wildman–Crippen LogP) is -8.17. The van der Waals surface area contributed by atoms with E-state index < -0.39 is 7.12 Å². The molecule has 0 rings (SSSR count). The molecule has 0 aromatic heterocycles. The Labute approximate surface area is 123 Å². The number of hydrogen-bond donors (Lipinski definition) is 0. The zero-order valence-electron chi connectivity index (χ0n) is 4.39. The Morgan fingerprint density at radius 3 is 1.17 bits per heavy atom. The van der Waals surface area contributed by atoms with E-state index in [2.05, 4.69) is 0 Å². The second-order valence-corrected chi connectivity index (χ2v) is 0.568. The van der Waals surface area contributed by atoms with Crippen molar-refractivity contribution in [2.45, 2.75) is 6.82 Å². The van der Waals surface area contributed by atoms with Crippen LogP contribution in [0.1, 0.15) is 0 Å². The van der Waals surface area contributed by atoms with Crippen LogP contribution < -0.4 is 113 Å². The zero-order valence-corrected chi connectivity index (χ0v) is 10.6. The first-order chi connectivity index (χ1) is 1.73. The normalized spacial score (nSPS) is 4.50. The molecule has 0 aliphatic rings. The Bertz CT molecular complexity index is 16.3. The van der Waals surface area contributed by atoms with Gasteiger partial charge < -0.3 is 10.0 Å². The summed E-state index contributed by atoms with van der Waals surface area (Å²) in [5.41, 5.74) is 0. The van der Waals surface area contributed by atoms with Crippen molar-refractivity contribution in [3.63, 3.8) is 0 Å². The van der Waals surface area contributed by atoms with Crippen LogP contribution in [0, 0.1) is 0 Å². The average Bonchev–Trinajstić information content (AvgIpc) is 0.811. The number of rotatable bonds is 0. The minimum Gasteiger partial charge on any atom is -0.893 e. The van der Waals surface area contributed by atoms with E-state index >= 15 is 0 Å². The van der Waals surface area contributed by atoms with Crippen LogP contribution in [0.5, 0.6) is 0 Å². The topological polar surface area (TPSA) is 46.1 Å². The van der Waals surface area contributed by atoms with Crippen LogP contribution >= 0.6 is 0 Å². The van der Waals surface area contributed by atoms with E-state index in [-0.39, 0.29) is 103 Å². The molecule has 0 aromatic carbocycles. The van der Waals surface area contributed by atoms with Gasteiger partial charge in [-0.25, -0.2) is 0 Å². The monoisotopic (exact) mass is 136 g/mol. The average molecular weight is 136 g/mol. The molecule has 0 radical (unpaired) electrons. The molecule has 0 unspecified atom stereocenters. The molecule has 0 atom stereocenters. The first-order valence-electron chi connectivity index (χ1n) is 1.05. The molecule has 0 amide bonds. The second kappa shape index (κ2) is 11.1. The Morgan fingerprint density at radius 1 is 1.17 bits per heavy atom. The van der Waals surface area contributed by atoms with Crippen molar-refractivity contribution in [3.8, 4) is 0 Å². The van der Waals surface area contributed by atoms with Crippen LogP contribution in [-0.2, 0) is 0 Å². The summed E-state index contributed by atoms with van der Waals surface area (Å²) >= 11 is 0. The van der Waals surface area contributed by atoms with Crippen LogP contribution in [-0.4, -0.2) is 7.12 Å². The van der Waals surface area contributed by atoms with Gasteiger partial charge in [-0.2, -0.15) is 0 Å². The van der Waals surface area contributed by atoms with Gasteiger partial charge in [0.25, 0.3) is 0 Å². The summed E-state index contributed by atoms with van der Waals surface area (Å²) < 4.78 is 0. The fraction of sp³-hybridized carbons (Fsp3) is 1.00. The minimum absolute atomic E-state index is 0.